The first-order chi connectivity index (χ1) is 16.6. The van der Waals surface area contributed by atoms with E-state index < -0.39 is 0 Å². The molecule has 4 aromatic rings. The van der Waals surface area contributed by atoms with Crippen LogP contribution in [0, 0.1) is 0 Å². The van der Waals surface area contributed by atoms with E-state index in [1.807, 2.05) is 54.8 Å². The number of rotatable bonds is 10. The second-order valence-corrected chi connectivity index (χ2v) is 8.04. The van der Waals surface area contributed by atoms with Crippen LogP contribution in [0.5, 0.6) is 11.5 Å². The number of pyridine rings is 1. The number of ether oxygens (including phenoxy) is 2. The van der Waals surface area contributed by atoms with Gasteiger partial charge in [-0.05, 0) is 53.8 Å². The van der Waals surface area contributed by atoms with Gasteiger partial charge in [0.05, 0.1) is 7.11 Å². The fraction of sp³-hybridized carbons (Fsp3) is 0.100. The molecule has 4 heteroatoms. The molecule has 0 radical (unpaired) electrons. The molecular formula is C30H28N2O2. The van der Waals surface area contributed by atoms with E-state index in [9.17, 15) is 0 Å². The number of methoxy groups -OCH3 is 1. The topological polar surface area (TPSA) is 47.1 Å². The van der Waals surface area contributed by atoms with Crippen molar-refractivity contribution in [3.63, 3.8) is 0 Å². The zero-order valence-corrected chi connectivity index (χ0v) is 19.3. The first kappa shape index (κ1) is 22.9. The van der Waals surface area contributed by atoms with Crippen LogP contribution in [0.1, 0.15) is 23.1 Å². The molecule has 0 saturated carbocycles. The first-order valence-corrected chi connectivity index (χ1v) is 11.1. The molecule has 0 unspecified atom stereocenters. The van der Waals surface area contributed by atoms with Crippen molar-refractivity contribution in [1.29, 1.82) is 0 Å². The molecule has 2 heterocycles. The summed E-state index contributed by atoms with van der Waals surface area (Å²) < 4.78 is 11.4. The van der Waals surface area contributed by atoms with E-state index in [4.69, 9.17) is 9.47 Å². The van der Waals surface area contributed by atoms with Crippen molar-refractivity contribution < 1.29 is 9.47 Å². The molecule has 0 bridgehead atoms. The Bertz CT molecular complexity index is 1350. The summed E-state index contributed by atoms with van der Waals surface area (Å²) in [5, 5.41) is 1.20. The van der Waals surface area contributed by atoms with Gasteiger partial charge >= 0.3 is 0 Å². The summed E-state index contributed by atoms with van der Waals surface area (Å²) in [4.78, 5) is 7.32. The summed E-state index contributed by atoms with van der Waals surface area (Å²) in [6, 6.07) is 18.1. The Balaban J connectivity index is 1.33. The number of nitrogens with one attached hydrogen (secondary N) is 1. The molecule has 4 rings (SSSR count). The van der Waals surface area contributed by atoms with Gasteiger partial charge in [-0.15, -0.1) is 0 Å². The molecule has 34 heavy (non-hydrogen) atoms. The molecule has 0 spiro atoms. The lowest BCUT2D eigenvalue weighted by Crippen LogP contribution is -1.96. The van der Waals surface area contributed by atoms with Gasteiger partial charge in [0.25, 0.3) is 0 Å². The molecule has 2 aromatic carbocycles. The fourth-order valence-corrected chi connectivity index (χ4v) is 3.58. The normalized spacial score (nSPS) is 11.3. The number of hydrogen-bond acceptors (Lipinski definition) is 3. The lowest BCUT2D eigenvalue weighted by molar-refractivity contribution is 0.303. The largest absolute Gasteiger partial charge is 0.496 e. The van der Waals surface area contributed by atoms with Crippen LogP contribution in [0.15, 0.2) is 110 Å². The average molecular weight is 449 g/mol. The van der Waals surface area contributed by atoms with E-state index in [0.29, 0.717) is 13.0 Å². The Morgan fingerprint density at radius 3 is 2.65 bits per heavy atom. The molecule has 0 fully saturated rings. The minimum absolute atomic E-state index is 0.456. The molecule has 1 N–H and O–H groups in total. The van der Waals surface area contributed by atoms with E-state index in [1.165, 1.54) is 5.39 Å². The van der Waals surface area contributed by atoms with E-state index in [-0.39, 0.29) is 0 Å². The van der Waals surface area contributed by atoms with Crippen molar-refractivity contribution in [2.45, 2.75) is 13.0 Å². The molecule has 170 valence electrons. The van der Waals surface area contributed by atoms with Crippen LogP contribution in [-0.4, -0.2) is 17.1 Å². The number of aromatic amines is 1. The smallest absolute Gasteiger partial charge is 0.129 e. The summed E-state index contributed by atoms with van der Waals surface area (Å²) in [6.07, 6.45) is 14.3. The third-order valence-electron chi connectivity index (χ3n) is 5.37. The number of hydrogen-bond donors (Lipinski definition) is 1. The highest BCUT2D eigenvalue weighted by Crippen LogP contribution is 2.27. The predicted octanol–water partition coefficient (Wildman–Crippen LogP) is 7.38. The molecule has 0 saturated heterocycles. The standard InChI is InChI=1S/C30H28N2O2/c1-22(6-8-24-9-13-29-27(18-24)14-16-32-29)17-23(2)7-10-26-11-12-28(19-30(26)33-3)34-21-25-5-4-15-31-20-25/h4-16,18-20,32H,1-2,17,21H2,3H3/b8-6+,10-7+. The Labute approximate surface area is 200 Å². The second kappa shape index (κ2) is 11.0. The number of allylic oxidation sites excluding steroid dienone is 4. The highest BCUT2D eigenvalue weighted by Gasteiger charge is 2.04. The summed E-state index contributed by atoms with van der Waals surface area (Å²) in [5.74, 6) is 1.49. The second-order valence-electron chi connectivity index (χ2n) is 8.04. The van der Waals surface area contributed by atoms with Crippen molar-refractivity contribution in [2.75, 3.05) is 7.11 Å². The highest BCUT2D eigenvalue weighted by atomic mass is 16.5. The van der Waals surface area contributed by atoms with Crippen molar-refractivity contribution in [3.05, 3.63) is 126 Å². The fourth-order valence-electron chi connectivity index (χ4n) is 3.58. The van der Waals surface area contributed by atoms with Crippen LogP contribution < -0.4 is 9.47 Å². The maximum atomic E-state index is 5.87. The van der Waals surface area contributed by atoms with Crippen LogP contribution in [-0.2, 0) is 6.61 Å². The summed E-state index contributed by atoms with van der Waals surface area (Å²) in [7, 11) is 1.66. The molecule has 0 aliphatic carbocycles. The molecule has 4 nitrogen and oxygen atoms in total. The quantitative estimate of drug-likeness (QED) is 0.257. The highest BCUT2D eigenvalue weighted by molar-refractivity contribution is 5.82. The zero-order valence-electron chi connectivity index (χ0n) is 19.3. The van der Waals surface area contributed by atoms with E-state index in [1.54, 1.807) is 19.5 Å². The Morgan fingerprint density at radius 1 is 1.00 bits per heavy atom. The lowest BCUT2D eigenvalue weighted by atomic mass is 10.0. The number of fused-ring (bicyclic) bond motifs is 1. The third kappa shape index (κ3) is 6.14. The maximum absolute atomic E-state index is 5.87. The molecule has 0 atom stereocenters. The molecule has 0 aliphatic heterocycles. The first-order valence-electron chi connectivity index (χ1n) is 11.1. The monoisotopic (exact) mass is 448 g/mol. The van der Waals surface area contributed by atoms with Crippen LogP contribution in [0.2, 0.25) is 0 Å². The van der Waals surface area contributed by atoms with E-state index in [2.05, 4.69) is 53.5 Å². The summed E-state index contributed by atoms with van der Waals surface area (Å²) in [6.45, 7) is 8.81. The molecule has 0 aliphatic rings. The SMILES string of the molecule is C=C(/C=C/c1ccc2[nH]ccc2c1)CC(=C)/C=C/c1ccc(OCc2cccnc2)cc1OC. The van der Waals surface area contributed by atoms with Crippen LogP contribution in [0.25, 0.3) is 23.1 Å². The Kier molecular flexibility index (Phi) is 7.41. The Hall–Kier alpha value is -4.31. The van der Waals surface area contributed by atoms with Gasteiger partial charge in [-0.1, -0.05) is 60.7 Å². The molecule has 2 aromatic heterocycles. The van der Waals surface area contributed by atoms with Gasteiger partial charge in [-0.25, -0.2) is 0 Å². The lowest BCUT2D eigenvalue weighted by Gasteiger charge is -2.10. The number of H-pyrrole nitrogens is 1. The van der Waals surface area contributed by atoms with E-state index >= 15 is 0 Å². The van der Waals surface area contributed by atoms with Crippen molar-refractivity contribution >= 4 is 23.1 Å². The van der Waals surface area contributed by atoms with E-state index in [0.717, 1.165) is 44.9 Å². The van der Waals surface area contributed by atoms with Crippen molar-refractivity contribution in [2.24, 2.45) is 0 Å². The van der Waals surface area contributed by atoms with Crippen LogP contribution >= 0.6 is 0 Å². The third-order valence-corrected chi connectivity index (χ3v) is 5.37. The maximum Gasteiger partial charge on any atom is 0.129 e. The Morgan fingerprint density at radius 2 is 1.85 bits per heavy atom. The minimum atomic E-state index is 0.456. The van der Waals surface area contributed by atoms with Gasteiger partial charge in [0.2, 0.25) is 0 Å². The summed E-state index contributed by atoms with van der Waals surface area (Å²) in [5.41, 5.74) is 6.21. The predicted molar refractivity (Wildman–Crippen MR) is 141 cm³/mol. The minimum Gasteiger partial charge on any atom is -0.496 e. The molecule has 0 amide bonds. The number of nitrogens with zero attached hydrogens (tertiary/aromatic N) is 1. The number of benzene rings is 2. The van der Waals surface area contributed by atoms with Gasteiger partial charge in [-0.2, -0.15) is 0 Å². The number of aromatic nitrogens is 2. The van der Waals surface area contributed by atoms with Crippen molar-refractivity contribution in [3.8, 4) is 11.5 Å². The van der Waals surface area contributed by atoms with Gasteiger partial charge in [0.15, 0.2) is 0 Å². The average Bonchev–Trinajstić information content (AvgIpc) is 3.34. The van der Waals surface area contributed by atoms with Gasteiger partial charge < -0.3 is 14.5 Å². The zero-order chi connectivity index (χ0) is 23.8. The molecular weight excluding hydrogens is 420 g/mol. The van der Waals surface area contributed by atoms with Gasteiger partial charge in [0.1, 0.15) is 18.1 Å². The van der Waals surface area contributed by atoms with Crippen LogP contribution in [0.4, 0.5) is 0 Å². The van der Waals surface area contributed by atoms with Gasteiger partial charge in [0, 0.05) is 41.3 Å². The van der Waals surface area contributed by atoms with Crippen LogP contribution in [0.3, 0.4) is 0 Å². The van der Waals surface area contributed by atoms with Crippen molar-refractivity contribution in [1.82, 2.24) is 9.97 Å². The van der Waals surface area contributed by atoms with Gasteiger partial charge in [-0.3, -0.25) is 4.98 Å². The summed E-state index contributed by atoms with van der Waals surface area (Å²) >= 11 is 0.